The highest BCUT2D eigenvalue weighted by Gasteiger charge is 2.26. The van der Waals surface area contributed by atoms with Crippen molar-refractivity contribution in [1.29, 1.82) is 0 Å². The molecule has 7 nitrogen and oxygen atoms in total. The Bertz CT molecular complexity index is 900. The predicted molar refractivity (Wildman–Crippen MR) is 93.8 cm³/mol. The topological polar surface area (TPSA) is 84.2 Å². The smallest absolute Gasteiger partial charge is 0.253 e. The summed E-state index contributed by atoms with van der Waals surface area (Å²) in [5, 5.41) is 0. The summed E-state index contributed by atoms with van der Waals surface area (Å²) in [6.07, 6.45) is 2.01. The molecule has 1 unspecified atom stereocenters. The molecule has 2 aromatic heterocycles. The van der Waals surface area contributed by atoms with Crippen molar-refractivity contribution in [3.63, 3.8) is 0 Å². The Kier molecular flexibility index (Phi) is 4.23. The molecular weight excluding hydrogens is 320 g/mol. The molecule has 25 heavy (non-hydrogen) atoms. The third-order valence-electron chi connectivity index (χ3n) is 4.46. The van der Waals surface area contributed by atoms with Crippen LogP contribution in [-0.2, 0) is 11.3 Å². The molecule has 3 aromatic rings. The van der Waals surface area contributed by atoms with Crippen LogP contribution in [0.15, 0.2) is 39.5 Å². The highest BCUT2D eigenvalue weighted by Crippen LogP contribution is 2.30. The average molecular weight is 340 g/mol. The lowest BCUT2D eigenvalue weighted by atomic mass is 9.98. The normalized spacial score (nSPS) is 18.0. The number of H-pyrrole nitrogens is 1. The Morgan fingerprint density at radius 3 is 3.08 bits per heavy atom. The van der Waals surface area contributed by atoms with E-state index >= 15 is 0 Å². The van der Waals surface area contributed by atoms with Crippen molar-refractivity contribution in [2.24, 2.45) is 0 Å². The van der Waals surface area contributed by atoms with Crippen LogP contribution in [0.25, 0.3) is 11.1 Å². The van der Waals surface area contributed by atoms with E-state index in [0.29, 0.717) is 11.6 Å². The first kappa shape index (κ1) is 15.8. The fourth-order valence-electron chi connectivity index (χ4n) is 3.31. The summed E-state index contributed by atoms with van der Waals surface area (Å²) in [7, 11) is 1.58. The van der Waals surface area contributed by atoms with Crippen LogP contribution in [0.2, 0.25) is 0 Å². The molecule has 1 aliphatic rings. The van der Waals surface area contributed by atoms with Crippen molar-refractivity contribution in [3.8, 4) is 0 Å². The molecule has 4 rings (SSSR count). The monoisotopic (exact) mass is 340 g/mol. The van der Waals surface area contributed by atoms with Gasteiger partial charge in [-0.3, -0.25) is 4.79 Å². The number of oxazole rings is 1. The van der Waals surface area contributed by atoms with Crippen LogP contribution in [-0.4, -0.2) is 35.2 Å². The predicted octanol–water partition coefficient (Wildman–Crippen LogP) is 2.44. The van der Waals surface area contributed by atoms with Gasteiger partial charge < -0.3 is 19.0 Å². The number of aromatic nitrogens is 3. The number of methoxy groups -OCH3 is 1. The van der Waals surface area contributed by atoms with Crippen molar-refractivity contribution in [2.75, 3.05) is 25.1 Å². The molecule has 7 heteroatoms. The van der Waals surface area contributed by atoms with Gasteiger partial charge in [0.25, 0.3) is 5.56 Å². The Hall–Kier alpha value is -2.67. The number of nitrogens with zero attached hydrogens (tertiary/aromatic N) is 3. The molecule has 130 valence electrons. The van der Waals surface area contributed by atoms with Crippen LogP contribution in [0.4, 0.5) is 5.82 Å². The maximum absolute atomic E-state index is 11.9. The zero-order valence-corrected chi connectivity index (χ0v) is 14.1. The van der Waals surface area contributed by atoms with Gasteiger partial charge in [0.1, 0.15) is 23.8 Å². The van der Waals surface area contributed by atoms with Gasteiger partial charge in [0, 0.05) is 26.3 Å². The molecular formula is C18H20N4O3. The van der Waals surface area contributed by atoms with Crippen molar-refractivity contribution in [3.05, 3.63) is 52.4 Å². The fourth-order valence-corrected chi connectivity index (χ4v) is 3.31. The van der Waals surface area contributed by atoms with E-state index in [-0.39, 0.29) is 18.1 Å². The second-order valence-electron chi connectivity index (χ2n) is 6.29. The van der Waals surface area contributed by atoms with E-state index in [1.54, 1.807) is 7.11 Å². The van der Waals surface area contributed by atoms with Crippen LogP contribution in [0.5, 0.6) is 0 Å². The van der Waals surface area contributed by atoms with Crippen LogP contribution in [0, 0.1) is 0 Å². The summed E-state index contributed by atoms with van der Waals surface area (Å²) in [4.78, 5) is 25.9. The number of anilines is 1. The minimum absolute atomic E-state index is 0.166. The number of hydrogen-bond donors (Lipinski definition) is 1. The number of para-hydroxylation sites is 2. The lowest BCUT2D eigenvalue weighted by molar-refractivity contribution is 0.177. The molecule has 3 heterocycles. The lowest BCUT2D eigenvalue weighted by Gasteiger charge is -2.32. The number of rotatable bonds is 4. The number of aromatic amines is 1. The van der Waals surface area contributed by atoms with Crippen molar-refractivity contribution >= 4 is 16.9 Å². The maximum atomic E-state index is 11.9. The minimum Gasteiger partial charge on any atom is -0.440 e. The minimum atomic E-state index is -0.166. The largest absolute Gasteiger partial charge is 0.440 e. The van der Waals surface area contributed by atoms with Gasteiger partial charge in [0.2, 0.25) is 0 Å². The summed E-state index contributed by atoms with van der Waals surface area (Å²) in [5.74, 6) is 2.16. The Labute approximate surface area is 144 Å². The molecule has 0 bridgehead atoms. The third kappa shape index (κ3) is 3.28. The van der Waals surface area contributed by atoms with Gasteiger partial charge in [-0.25, -0.2) is 9.97 Å². The van der Waals surface area contributed by atoms with Crippen LogP contribution in [0.3, 0.4) is 0 Å². The molecule has 0 radical (unpaired) electrons. The van der Waals surface area contributed by atoms with Gasteiger partial charge in [0.15, 0.2) is 11.5 Å². The van der Waals surface area contributed by atoms with Gasteiger partial charge in [-0.2, -0.15) is 0 Å². The van der Waals surface area contributed by atoms with E-state index in [2.05, 4.69) is 19.9 Å². The van der Waals surface area contributed by atoms with E-state index in [1.807, 2.05) is 24.3 Å². The average Bonchev–Trinajstić information content (AvgIpc) is 3.06. The summed E-state index contributed by atoms with van der Waals surface area (Å²) < 4.78 is 11.0. The summed E-state index contributed by atoms with van der Waals surface area (Å²) in [6.45, 7) is 1.88. The Morgan fingerprint density at radius 2 is 2.24 bits per heavy atom. The first-order chi connectivity index (χ1) is 12.2. The molecule has 1 fully saturated rings. The second-order valence-corrected chi connectivity index (χ2v) is 6.29. The first-order valence-corrected chi connectivity index (χ1v) is 8.42. The number of fused-ring (bicyclic) bond motifs is 1. The maximum Gasteiger partial charge on any atom is 0.253 e. The van der Waals surface area contributed by atoms with E-state index in [4.69, 9.17) is 9.15 Å². The van der Waals surface area contributed by atoms with Crippen molar-refractivity contribution in [2.45, 2.75) is 25.4 Å². The van der Waals surface area contributed by atoms with Gasteiger partial charge >= 0.3 is 0 Å². The fraction of sp³-hybridized carbons (Fsp3) is 0.389. The summed E-state index contributed by atoms with van der Waals surface area (Å²) >= 11 is 0. The molecule has 1 aromatic carbocycles. The molecule has 1 aliphatic heterocycles. The Balaban J connectivity index is 1.59. The number of ether oxygens (including phenoxy) is 1. The number of hydrogen-bond acceptors (Lipinski definition) is 6. The number of nitrogens with one attached hydrogen (secondary N) is 1. The van der Waals surface area contributed by atoms with E-state index in [9.17, 15) is 4.79 Å². The van der Waals surface area contributed by atoms with Crippen LogP contribution in [0.1, 0.15) is 30.5 Å². The second kappa shape index (κ2) is 6.68. The van der Waals surface area contributed by atoms with E-state index < -0.39 is 0 Å². The number of piperidine rings is 1. The van der Waals surface area contributed by atoms with E-state index in [1.165, 1.54) is 6.07 Å². The van der Waals surface area contributed by atoms with Crippen molar-refractivity contribution in [1.82, 2.24) is 15.0 Å². The van der Waals surface area contributed by atoms with E-state index in [0.717, 1.165) is 42.9 Å². The SMILES string of the molecule is COCc1nc(N2CCCC(c3nc4ccccc4o3)C2)cc(=O)[nH]1. The van der Waals surface area contributed by atoms with Gasteiger partial charge in [-0.15, -0.1) is 0 Å². The summed E-state index contributed by atoms with van der Waals surface area (Å²) in [6, 6.07) is 9.33. The van der Waals surface area contributed by atoms with Crippen LogP contribution >= 0.6 is 0 Å². The van der Waals surface area contributed by atoms with Crippen LogP contribution < -0.4 is 10.5 Å². The molecule has 0 spiro atoms. The standard InChI is InChI=1S/C18H20N4O3/c1-24-11-15-20-16(9-17(23)21-15)22-8-4-5-12(10-22)18-19-13-6-2-3-7-14(13)25-18/h2-3,6-7,9,12H,4-5,8,10-11H2,1H3,(H,20,21,23). The first-order valence-electron chi connectivity index (χ1n) is 8.42. The molecule has 0 amide bonds. The van der Waals surface area contributed by atoms with Crippen molar-refractivity contribution < 1.29 is 9.15 Å². The van der Waals surface area contributed by atoms with Gasteiger partial charge in [-0.05, 0) is 25.0 Å². The lowest BCUT2D eigenvalue weighted by Crippen LogP contribution is -2.36. The quantitative estimate of drug-likeness (QED) is 0.785. The zero-order valence-electron chi connectivity index (χ0n) is 14.1. The number of benzene rings is 1. The highest BCUT2D eigenvalue weighted by atomic mass is 16.5. The zero-order chi connectivity index (χ0) is 17.2. The third-order valence-corrected chi connectivity index (χ3v) is 4.46. The molecule has 1 saturated heterocycles. The molecule has 1 atom stereocenters. The highest BCUT2D eigenvalue weighted by molar-refractivity contribution is 5.72. The van der Waals surface area contributed by atoms with Gasteiger partial charge in [0.05, 0.1) is 5.92 Å². The Morgan fingerprint density at radius 1 is 1.36 bits per heavy atom. The summed E-state index contributed by atoms with van der Waals surface area (Å²) in [5.41, 5.74) is 1.53. The molecule has 1 N–H and O–H groups in total. The van der Waals surface area contributed by atoms with Gasteiger partial charge in [-0.1, -0.05) is 12.1 Å². The molecule has 0 aliphatic carbocycles. The molecule has 0 saturated carbocycles.